The number of benzene rings is 2. The number of para-hydroxylation sites is 1. The molecule has 0 aliphatic carbocycles. The van der Waals surface area contributed by atoms with E-state index in [9.17, 15) is 0 Å². The van der Waals surface area contributed by atoms with Crippen molar-refractivity contribution in [2.45, 2.75) is 32.4 Å². The van der Waals surface area contributed by atoms with Crippen molar-refractivity contribution in [3.05, 3.63) is 64.7 Å². The van der Waals surface area contributed by atoms with Crippen LogP contribution >= 0.6 is 11.6 Å². The topological polar surface area (TPSA) is 35.2 Å². The van der Waals surface area contributed by atoms with Crippen LogP contribution in [0.4, 0.5) is 0 Å². The van der Waals surface area contributed by atoms with Gasteiger partial charge in [0.25, 0.3) is 0 Å². The zero-order valence-corrected chi connectivity index (χ0v) is 12.6. The van der Waals surface area contributed by atoms with E-state index >= 15 is 0 Å². The molecule has 20 heavy (non-hydrogen) atoms. The van der Waals surface area contributed by atoms with Crippen molar-refractivity contribution < 1.29 is 4.74 Å². The highest BCUT2D eigenvalue weighted by Crippen LogP contribution is 2.31. The van der Waals surface area contributed by atoms with Crippen LogP contribution in [-0.4, -0.2) is 6.04 Å². The summed E-state index contributed by atoms with van der Waals surface area (Å²) in [6.45, 7) is 4.08. The summed E-state index contributed by atoms with van der Waals surface area (Å²) in [5, 5.41) is 0.690. The first-order valence-corrected chi connectivity index (χ1v) is 7.23. The number of hydrogen-bond acceptors (Lipinski definition) is 2. The van der Waals surface area contributed by atoms with Crippen molar-refractivity contribution in [1.82, 2.24) is 0 Å². The van der Waals surface area contributed by atoms with Crippen LogP contribution in [0.1, 0.15) is 30.6 Å². The summed E-state index contributed by atoms with van der Waals surface area (Å²) in [5.74, 6) is 0.848. The molecule has 2 rings (SSSR count). The lowest BCUT2D eigenvalue weighted by molar-refractivity contribution is 0.170. The summed E-state index contributed by atoms with van der Waals surface area (Å²) in [5.41, 5.74) is 8.26. The molecule has 0 aliphatic rings. The van der Waals surface area contributed by atoms with Gasteiger partial charge in [0.2, 0.25) is 0 Å². The van der Waals surface area contributed by atoms with Gasteiger partial charge in [-0.2, -0.15) is 0 Å². The van der Waals surface area contributed by atoms with Gasteiger partial charge < -0.3 is 10.5 Å². The number of halogens is 1. The smallest absolute Gasteiger partial charge is 0.140 e. The first-order valence-electron chi connectivity index (χ1n) is 6.85. The summed E-state index contributed by atoms with van der Waals surface area (Å²) < 4.78 is 6.16. The molecule has 3 heteroatoms. The number of ether oxygens (including phenoxy) is 1. The van der Waals surface area contributed by atoms with E-state index < -0.39 is 0 Å². The maximum absolute atomic E-state index is 6.29. The van der Waals surface area contributed by atoms with Gasteiger partial charge in [0.1, 0.15) is 11.9 Å². The first-order chi connectivity index (χ1) is 9.63. The van der Waals surface area contributed by atoms with E-state index in [-0.39, 0.29) is 12.1 Å². The SMILES string of the molecule is CCC(N)C(Oc1ccccc1C)c1ccccc1Cl. The lowest BCUT2D eigenvalue weighted by Crippen LogP contribution is -2.31. The zero-order valence-electron chi connectivity index (χ0n) is 11.8. The average molecular weight is 290 g/mol. The highest BCUT2D eigenvalue weighted by atomic mass is 35.5. The van der Waals surface area contributed by atoms with E-state index in [1.807, 2.05) is 55.5 Å². The van der Waals surface area contributed by atoms with Crippen molar-refractivity contribution in [3.8, 4) is 5.75 Å². The number of hydrogen-bond donors (Lipinski definition) is 1. The second-order valence-electron chi connectivity index (χ2n) is 4.90. The van der Waals surface area contributed by atoms with E-state index in [2.05, 4.69) is 6.92 Å². The highest BCUT2D eigenvalue weighted by Gasteiger charge is 2.23. The molecule has 0 spiro atoms. The molecule has 0 aliphatic heterocycles. The minimum Gasteiger partial charge on any atom is -0.484 e. The maximum atomic E-state index is 6.29. The third-order valence-corrected chi connectivity index (χ3v) is 3.76. The van der Waals surface area contributed by atoms with E-state index in [0.717, 1.165) is 23.3 Å². The molecule has 2 atom stereocenters. The first kappa shape index (κ1) is 14.9. The summed E-state index contributed by atoms with van der Waals surface area (Å²) in [6.07, 6.45) is 0.580. The number of rotatable bonds is 5. The highest BCUT2D eigenvalue weighted by molar-refractivity contribution is 6.31. The molecule has 0 saturated heterocycles. The Hall–Kier alpha value is -1.51. The molecule has 0 bridgehead atoms. The van der Waals surface area contributed by atoms with Crippen LogP contribution in [0.25, 0.3) is 0 Å². The fraction of sp³-hybridized carbons (Fsp3) is 0.294. The predicted octanol–water partition coefficient (Wildman–Crippen LogP) is 4.51. The molecule has 2 N–H and O–H groups in total. The van der Waals surface area contributed by atoms with Gasteiger partial charge >= 0.3 is 0 Å². The van der Waals surface area contributed by atoms with Crippen LogP contribution < -0.4 is 10.5 Å². The van der Waals surface area contributed by atoms with Gasteiger partial charge in [0.15, 0.2) is 0 Å². The lowest BCUT2D eigenvalue weighted by Gasteiger charge is -2.26. The predicted molar refractivity (Wildman–Crippen MR) is 84.3 cm³/mol. The Kier molecular flexibility index (Phi) is 5.05. The van der Waals surface area contributed by atoms with Crippen molar-refractivity contribution >= 4 is 11.6 Å². The maximum Gasteiger partial charge on any atom is 0.140 e. The van der Waals surface area contributed by atoms with Crippen molar-refractivity contribution in [3.63, 3.8) is 0 Å². The Labute approximate surface area is 125 Å². The van der Waals surface area contributed by atoms with Crippen LogP contribution in [-0.2, 0) is 0 Å². The Morgan fingerprint density at radius 3 is 2.40 bits per heavy atom. The average Bonchev–Trinajstić information content (AvgIpc) is 2.47. The molecule has 2 nitrogen and oxygen atoms in total. The molecule has 2 unspecified atom stereocenters. The molecule has 0 saturated carbocycles. The molecule has 106 valence electrons. The molecule has 0 radical (unpaired) electrons. The molecular formula is C17H20ClNO. The van der Waals surface area contributed by atoms with Gasteiger partial charge in [0, 0.05) is 16.6 Å². The van der Waals surface area contributed by atoms with E-state index in [4.69, 9.17) is 22.1 Å². The van der Waals surface area contributed by atoms with Gasteiger partial charge in [0.05, 0.1) is 0 Å². The number of aryl methyl sites for hydroxylation is 1. The molecule has 0 heterocycles. The number of nitrogens with two attached hydrogens (primary N) is 1. The minimum absolute atomic E-state index is 0.102. The quantitative estimate of drug-likeness (QED) is 0.879. The summed E-state index contributed by atoms with van der Waals surface area (Å²) in [4.78, 5) is 0. The third kappa shape index (κ3) is 3.33. The third-order valence-electron chi connectivity index (χ3n) is 3.42. The monoisotopic (exact) mass is 289 g/mol. The zero-order chi connectivity index (χ0) is 14.5. The van der Waals surface area contributed by atoms with Crippen molar-refractivity contribution in [1.29, 1.82) is 0 Å². The molecule has 0 fully saturated rings. The van der Waals surface area contributed by atoms with Crippen molar-refractivity contribution in [2.75, 3.05) is 0 Å². The van der Waals surface area contributed by atoms with Crippen LogP contribution in [0, 0.1) is 6.92 Å². The Balaban J connectivity index is 2.35. The largest absolute Gasteiger partial charge is 0.484 e. The van der Waals surface area contributed by atoms with Gasteiger partial charge in [-0.1, -0.05) is 54.9 Å². The van der Waals surface area contributed by atoms with Gasteiger partial charge in [-0.15, -0.1) is 0 Å². The van der Waals surface area contributed by atoms with Gasteiger partial charge in [-0.25, -0.2) is 0 Å². The van der Waals surface area contributed by atoms with Gasteiger partial charge in [-0.3, -0.25) is 0 Å². The Morgan fingerprint density at radius 2 is 1.75 bits per heavy atom. The van der Waals surface area contributed by atoms with E-state index in [1.165, 1.54) is 0 Å². The molecular weight excluding hydrogens is 270 g/mol. The fourth-order valence-corrected chi connectivity index (χ4v) is 2.37. The van der Waals surface area contributed by atoms with Crippen LogP contribution in [0.2, 0.25) is 5.02 Å². The molecule has 0 amide bonds. The normalized spacial score (nSPS) is 13.8. The van der Waals surface area contributed by atoms with Gasteiger partial charge in [-0.05, 0) is 31.0 Å². The van der Waals surface area contributed by atoms with Crippen molar-refractivity contribution in [2.24, 2.45) is 5.73 Å². The Bertz CT molecular complexity index is 570. The van der Waals surface area contributed by atoms with Crippen LogP contribution in [0.3, 0.4) is 0 Å². The van der Waals surface area contributed by atoms with E-state index in [1.54, 1.807) is 0 Å². The summed E-state index contributed by atoms with van der Waals surface area (Å²) in [7, 11) is 0. The van der Waals surface area contributed by atoms with Crippen LogP contribution in [0.5, 0.6) is 5.75 Å². The second kappa shape index (κ2) is 6.78. The van der Waals surface area contributed by atoms with E-state index in [0.29, 0.717) is 5.02 Å². The standard InChI is InChI=1S/C17H20ClNO/c1-3-15(19)17(13-9-5-6-10-14(13)18)20-16-11-7-4-8-12(16)2/h4-11,15,17H,3,19H2,1-2H3. The Morgan fingerprint density at radius 1 is 1.10 bits per heavy atom. The summed E-state index contributed by atoms with van der Waals surface area (Å²) >= 11 is 6.29. The molecule has 0 aromatic heterocycles. The summed E-state index contributed by atoms with van der Waals surface area (Å²) in [6, 6.07) is 15.5. The molecule has 2 aromatic carbocycles. The van der Waals surface area contributed by atoms with Crippen LogP contribution in [0.15, 0.2) is 48.5 Å². The molecule has 2 aromatic rings. The second-order valence-corrected chi connectivity index (χ2v) is 5.30. The minimum atomic E-state index is -0.241. The lowest BCUT2D eigenvalue weighted by atomic mass is 10.0. The fourth-order valence-electron chi connectivity index (χ4n) is 2.13.